The van der Waals surface area contributed by atoms with Gasteiger partial charge in [-0.05, 0) is 75.1 Å². The normalized spacial score (nSPS) is 11.6. The van der Waals surface area contributed by atoms with E-state index in [4.69, 9.17) is 16.3 Å². The Kier molecular flexibility index (Phi) is 6.95. The lowest BCUT2D eigenvalue weighted by atomic mass is 10.1. The quantitative estimate of drug-likeness (QED) is 0.341. The number of aromatic nitrogens is 1. The second-order valence-electron chi connectivity index (χ2n) is 7.12. The summed E-state index contributed by atoms with van der Waals surface area (Å²) >= 11 is 7.48. The van der Waals surface area contributed by atoms with E-state index >= 15 is 0 Å². The summed E-state index contributed by atoms with van der Waals surface area (Å²) in [6.45, 7) is 9.77. The van der Waals surface area contributed by atoms with Crippen molar-refractivity contribution in [3.8, 4) is 5.75 Å². The number of carbonyl (C=O) groups is 1. The topological polar surface area (TPSA) is 75.6 Å². The van der Waals surface area contributed by atoms with E-state index in [2.05, 4.69) is 27.8 Å². The first-order valence-electron chi connectivity index (χ1n) is 9.67. The van der Waals surface area contributed by atoms with Gasteiger partial charge in [-0.3, -0.25) is 10.2 Å². The molecule has 0 saturated heterocycles. The van der Waals surface area contributed by atoms with E-state index in [-0.39, 0.29) is 12.5 Å². The first-order valence-corrected chi connectivity index (χ1v) is 10.9. The van der Waals surface area contributed by atoms with Crippen molar-refractivity contribution in [2.24, 2.45) is 5.10 Å². The Morgan fingerprint density at radius 1 is 1.23 bits per heavy atom. The third-order valence-electron chi connectivity index (χ3n) is 4.73. The maximum Gasteiger partial charge on any atom is 0.262 e. The van der Waals surface area contributed by atoms with Gasteiger partial charge >= 0.3 is 0 Å². The van der Waals surface area contributed by atoms with Gasteiger partial charge in [0.05, 0.1) is 10.2 Å². The summed E-state index contributed by atoms with van der Waals surface area (Å²) in [4.78, 5) is 17.1. The molecule has 2 N–H and O–H groups in total. The predicted octanol–water partition coefficient (Wildman–Crippen LogP) is 6.09. The molecule has 3 rings (SSSR count). The number of thiazole rings is 1. The molecule has 0 aliphatic carbocycles. The molecule has 1 heterocycles. The number of nitrogens with one attached hydrogen (secondary N) is 2. The predicted molar refractivity (Wildman–Crippen MR) is 126 cm³/mol. The van der Waals surface area contributed by atoms with E-state index in [1.165, 1.54) is 11.3 Å². The van der Waals surface area contributed by atoms with Crippen molar-refractivity contribution < 1.29 is 9.53 Å². The molecule has 1 aromatic heterocycles. The molecule has 6 nitrogen and oxygen atoms in total. The van der Waals surface area contributed by atoms with Gasteiger partial charge in [0.2, 0.25) is 5.13 Å². The van der Waals surface area contributed by atoms with Crippen LogP contribution in [0.15, 0.2) is 29.4 Å². The van der Waals surface area contributed by atoms with Gasteiger partial charge in [-0.2, -0.15) is 5.10 Å². The van der Waals surface area contributed by atoms with Crippen LogP contribution in [0, 0.1) is 20.8 Å². The zero-order valence-electron chi connectivity index (χ0n) is 17.7. The number of ether oxygens (including phenoxy) is 1. The van der Waals surface area contributed by atoms with E-state index in [9.17, 15) is 4.79 Å². The molecule has 0 unspecified atom stereocenters. The van der Waals surface area contributed by atoms with Crippen molar-refractivity contribution in [1.82, 2.24) is 4.98 Å². The van der Waals surface area contributed by atoms with E-state index in [0.29, 0.717) is 10.8 Å². The lowest BCUT2D eigenvalue weighted by molar-refractivity contribution is -0.118. The number of anilines is 2. The molecular weight excluding hydrogens is 420 g/mol. The molecule has 1 amide bonds. The number of hydrogen-bond acceptors (Lipinski definition) is 6. The third-order valence-corrected chi connectivity index (χ3v) is 6.06. The van der Waals surface area contributed by atoms with Crippen LogP contribution in [0.5, 0.6) is 5.75 Å². The third kappa shape index (κ3) is 5.09. The summed E-state index contributed by atoms with van der Waals surface area (Å²) < 4.78 is 6.67. The van der Waals surface area contributed by atoms with Crippen LogP contribution in [0.3, 0.4) is 0 Å². The molecule has 0 saturated carbocycles. The highest BCUT2D eigenvalue weighted by atomic mass is 35.5. The van der Waals surface area contributed by atoms with Gasteiger partial charge in [-0.1, -0.05) is 29.9 Å². The van der Waals surface area contributed by atoms with Gasteiger partial charge in [-0.15, -0.1) is 0 Å². The zero-order valence-corrected chi connectivity index (χ0v) is 19.3. The maximum absolute atomic E-state index is 12.5. The fourth-order valence-corrected chi connectivity index (χ4v) is 4.06. The second kappa shape index (κ2) is 9.45. The first kappa shape index (κ1) is 22.1. The number of amides is 1. The zero-order chi connectivity index (χ0) is 21.8. The molecule has 0 aliphatic heterocycles. The summed E-state index contributed by atoms with van der Waals surface area (Å²) in [5.74, 6) is 0.417. The first-order chi connectivity index (χ1) is 14.3. The molecule has 2 aromatic carbocycles. The van der Waals surface area contributed by atoms with E-state index in [1.807, 2.05) is 33.8 Å². The summed E-state index contributed by atoms with van der Waals surface area (Å²) in [5.41, 5.74) is 8.49. The Labute approximate surface area is 185 Å². The highest BCUT2D eigenvalue weighted by Crippen LogP contribution is 2.35. The molecule has 158 valence electrons. The van der Waals surface area contributed by atoms with Gasteiger partial charge in [0.15, 0.2) is 6.61 Å². The van der Waals surface area contributed by atoms with Crippen LogP contribution in [0.2, 0.25) is 5.02 Å². The molecule has 0 bridgehead atoms. The Morgan fingerprint density at radius 3 is 2.70 bits per heavy atom. The molecular formula is C22H25ClN4O2S. The minimum absolute atomic E-state index is 0.0834. The molecule has 3 aromatic rings. The number of carbonyl (C=O) groups excluding carboxylic acids is 1. The smallest absolute Gasteiger partial charge is 0.262 e. The summed E-state index contributed by atoms with van der Waals surface area (Å²) in [6.07, 6.45) is 0.879. The number of halogens is 1. The van der Waals surface area contributed by atoms with Crippen molar-refractivity contribution in [2.45, 2.75) is 41.0 Å². The van der Waals surface area contributed by atoms with Gasteiger partial charge in [0, 0.05) is 16.4 Å². The monoisotopic (exact) mass is 444 g/mol. The molecule has 0 radical (unpaired) electrons. The number of hydrogen-bond donors (Lipinski definition) is 2. The number of fused-ring (bicyclic) bond motifs is 1. The van der Waals surface area contributed by atoms with Gasteiger partial charge in [0.25, 0.3) is 5.91 Å². The van der Waals surface area contributed by atoms with Crippen molar-refractivity contribution >= 4 is 55.6 Å². The lowest BCUT2D eigenvalue weighted by Crippen LogP contribution is -2.21. The highest BCUT2D eigenvalue weighted by Gasteiger charge is 2.15. The molecule has 0 spiro atoms. The van der Waals surface area contributed by atoms with E-state index in [1.54, 1.807) is 18.2 Å². The van der Waals surface area contributed by atoms with Crippen LogP contribution in [-0.2, 0) is 4.79 Å². The van der Waals surface area contributed by atoms with E-state index in [0.717, 1.165) is 49.9 Å². The molecule has 0 fully saturated rings. The van der Waals surface area contributed by atoms with Crippen molar-refractivity contribution in [3.05, 3.63) is 46.0 Å². The Morgan fingerprint density at radius 2 is 2.00 bits per heavy atom. The van der Waals surface area contributed by atoms with Crippen LogP contribution >= 0.6 is 22.9 Å². The Balaban J connectivity index is 1.75. The molecule has 0 aliphatic rings. The number of hydrazone groups is 1. The largest absolute Gasteiger partial charge is 0.483 e. The van der Waals surface area contributed by atoms with Crippen LogP contribution in [-0.4, -0.2) is 23.2 Å². The summed E-state index contributed by atoms with van der Waals surface area (Å²) in [6, 6.07) is 7.28. The van der Waals surface area contributed by atoms with Crippen LogP contribution in [0.25, 0.3) is 10.2 Å². The molecule has 30 heavy (non-hydrogen) atoms. The fraction of sp³-hybridized carbons (Fsp3) is 0.318. The maximum atomic E-state index is 12.5. The number of nitrogens with zero attached hydrogens (tertiary/aromatic N) is 2. The average Bonchev–Trinajstić information content (AvgIpc) is 3.11. The summed E-state index contributed by atoms with van der Waals surface area (Å²) in [7, 11) is 0. The average molecular weight is 445 g/mol. The SMILES string of the molecule is CC/C(C)=N/Nc1nc2cc(C)c(NC(=O)COc3ccc(Cl)cc3C)c(C)c2s1. The minimum Gasteiger partial charge on any atom is -0.483 e. The number of aryl methyl sites for hydroxylation is 3. The van der Waals surface area contributed by atoms with Crippen molar-refractivity contribution in [2.75, 3.05) is 17.3 Å². The summed E-state index contributed by atoms with van der Waals surface area (Å²) in [5, 5.41) is 8.66. The highest BCUT2D eigenvalue weighted by molar-refractivity contribution is 7.22. The molecule has 0 atom stereocenters. The number of rotatable bonds is 7. The van der Waals surface area contributed by atoms with Gasteiger partial charge < -0.3 is 10.1 Å². The van der Waals surface area contributed by atoms with Crippen molar-refractivity contribution in [3.63, 3.8) is 0 Å². The van der Waals surface area contributed by atoms with E-state index < -0.39 is 0 Å². The van der Waals surface area contributed by atoms with Crippen LogP contribution in [0.4, 0.5) is 10.8 Å². The van der Waals surface area contributed by atoms with Crippen LogP contribution in [0.1, 0.15) is 37.0 Å². The minimum atomic E-state index is -0.221. The lowest BCUT2D eigenvalue weighted by Gasteiger charge is -2.13. The van der Waals surface area contributed by atoms with Crippen molar-refractivity contribution in [1.29, 1.82) is 0 Å². The Hall–Kier alpha value is -2.64. The Bertz CT molecular complexity index is 1120. The second-order valence-corrected chi connectivity index (χ2v) is 8.56. The molecule has 8 heteroatoms. The fourth-order valence-electron chi connectivity index (χ4n) is 2.94. The van der Waals surface area contributed by atoms with Gasteiger partial charge in [-0.25, -0.2) is 4.98 Å². The van der Waals surface area contributed by atoms with Crippen LogP contribution < -0.4 is 15.5 Å². The van der Waals surface area contributed by atoms with Gasteiger partial charge in [0.1, 0.15) is 5.75 Å². The number of benzene rings is 2. The standard InChI is InChI=1S/C22H25ClN4O2S/c1-6-14(4)26-27-22-24-17-10-13(3)20(15(5)21(17)30-22)25-19(28)11-29-18-8-7-16(23)9-12(18)2/h7-10H,6,11H2,1-5H3,(H,24,27)(H,25,28)/b26-14+.